The van der Waals surface area contributed by atoms with Gasteiger partial charge in [-0.2, -0.15) is 13.2 Å². The van der Waals surface area contributed by atoms with Crippen molar-refractivity contribution in [2.75, 3.05) is 10.6 Å². The highest BCUT2D eigenvalue weighted by molar-refractivity contribution is 7.80. The lowest BCUT2D eigenvalue weighted by Gasteiger charge is -2.14. The van der Waals surface area contributed by atoms with Crippen LogP contribution in [0.2, 0.25) is 10.0 Å². The van der Waals surface area contributed by atoms with Crippen LogP contribution >= 0.6 is 35.4 Å². The summed E-state index contributed by atoms with van der Waals surface area (Å²) in [6.45, 7) is 0. The molecule has 23 heavy (non-hydrogen) atoms. The third-order valence-corrected chi connectivity index (χ3v) is 3.56. The smallest absolute Gasteiger partial charge is 0.332 e. The molecule has 0 bridgehead atoms. The second-order valence-electron chi connectivity index (χ2n) is 4.40. The maximum atomic E-state index is 12.9. The number of alkyl halides is 3. The van der Waals surface area contributed by atoms with E-state index >= 15 is 0 Å². The molecule has 122 valence electrons. The predicted octanol–water partition coefficient (Wildman–Crippen LogP) is 5.96. The fourth-order valence-electron chi connectivity index (χ4n) is 1.70. The summed E-state index contributed by atoms with van der Waals surface area (Å²) in [4.78, 5) is 0. The molecule has 0 spiro atoms. The first-order valence-corrected chi connectivity index (χ1v) is 7.23. The van der Waals surface area contributed by atoms with Crippen LogP contribution in [-0.2, 0) is 6.18 Å². The van der Waals surface area contributed by atoms with E-state index < -0.39 is 22.6 Å². The zero-order valence-corrected chi connectivity index (χ0v) is 13.5. The number of hydrogen-bond acceptors (Lipinski definition) is 1. The molecule has 0 fully saturated rings. The summed E-state index contributed by atoms with van der Waals surface area (Å²) in [6, 6.07) is 6.90. The van der Waals surface area contributed by atoms with Gasteiger partial charge in [-0.1, -0.05) is 23.2 Å². The Bertz CT molecular complexity index is 750. The van der Waals surface area contributed by atoms with Crippen LogP contribution in [0.5, 0.6) is 0 Å². The van der Waals surface area contributed by atoms with Crippen molar-refractivity contribution in [2.24, 2.45) is 0 Å². The molecule has 2 rings (SSSR count). The van der Waals surface area contributed by atoms with Crippen LogP contribution in [-0.4, -0.2) is 5.11 Å². The lowest BCUT2D eigenvalue weighted by molar-refractivity contribution is -0.137. The van der Waals surface area contributed by atoms with Gasteiger partial charge >= 0.3 is 6.18 Å². The molecular formula is C14H8Cl2F4N2S. The van der Waals surface area contributed by atoms with Crippen LogP contribution in [0.3, 0.4) is 0 Å². The van der Waals surface area contributed by atoms with Gasteiger partial charge in [0.05, 0.1) is 21.3 Å². The number of benzene rings is 2. The number of halogens is 6. The average Bonchev–Trinajstić information content (AvgIpc) is 2.43. The first-order valence-electron chi connectivity index (χ1n) is 6.06. The van der Waals surface area contributed by atoms with Gasteiger partial charge in [-0.15, -0.1) is 0 Å². The molecule has 2 N–H and O–H groups in total. The highest BCUT2D eigenvalue weighted by Gasteiger charge is 2.33. The predicted molar refractivity (Wildman–Crippen MR) is 87.7 cm³/mol. The molecule has 0 aliphatic rings. The molecule has 9 heteroatoms. The Balaban J connectivity index is 2.14. The summed E-state index contributed by atoms with van der Waals surface area (Å²) in [5, 5.41) is 4.91. The molecule has 0 heterocycles. The molecular weight excluding hydrogens is 375 g/mol. The fraction of sp³-hybridized carbons (Fsp3) is 0.0714. The van der Waals surface area contributed by atoms with E-state index in [4.69, 9.17) is 35.4 Å². The maximum absolute atomic E-state index is 12.9. The third-order valence-electron chi connectivity index (χ3n) is 2.71. The van der Waals surface area contributed by atoms with Crippen LogP contribution in [0.4, 0.5) is 28.9 Å². The van der Waals surface area contributed by atoms with Crippen molar-refractivity contribution >= 4 is 51.9 Å². The summed E-state index contributed by atoms with van der Waals surface area (Å²) in [7, 11) is 0. The Morgan fingerprint density at radius 3 is 2.26 bits per heavy atom. The van der Waals surface area contributed by atoms with E-state index in [9.17, 15) is 17.6 Å². The Hall–Kier alpha value is -1.57. The molecule has 0 atom stereocenters. The quantitative estimate of drug-likeness (QED) is 0.494. The second kappa shape index (κ2) is 6.90. The molecule has 0 amide bonds. The molecule has 0 aliphatic carbocycles. The monoisotopic (exact) mass is 382 g/mol. The van der Waals surface area contributed by atoms with Crippen molar-refractivity contribution in [1.82, 2.24) is 0 Å². The molecule has 0 saturated heterocycles. The van der Waals surface area contributed by atoms with E-state index in [1.54, 1.807) is 0 Å². The fourth-order valence-corrected chi connectivity index (χ4v) is 2.36. The van der Waals surface area contributed by atoms with Gasteiger partial charge in [0.15, 0.2) is 5.11 Å². The lowest BCUT2D eigenvalue weighted by Crippen LogP contribution is -2.19. The van der Waals surface area contributed by atoms with Crippen molar-refractivity contribution in [2.45, 2.75) is 6.18 Å². The van der Waals surface area contributed by atoms with Gasteiger partial charge < -0.3 is 10.6 Å². The highest BCUT2D eigenvalue weighted by Crippen LogP contribution is 2.36. The summed E-state index contributed by atoms with van der Waals surface area (Å²) in [5.41, 5.74) is -0.570. The maximum Gasteiger partial charge on any atom is 0.417 e. The van der Waals surface area contributed by atoms with Crippen molar-refractivity contribution in [1.29, 1.82) is 0 Å². The highest BCUT2D eigenvalue weighted by atomic mass is 35.5. The van der Waals surface area contributed by atoms with E-state index in [-0.39, 0.29) is 15.8 Å². The molecule has 0 radical (unpaired) electrons. The molecule has 0 unspecified atom stereocenters. The third kappa shape index (κ3) is 4.70. The van der Waals surface area contributed by atoms with Gasteiger partial charge in [-0.05, 0) is 48.6 Å². The second-order valence-corrected chi connectivity index (χ2v) is 5.62. The van der Waals surface area contributed by atoms with Crippen molar-refractivity contribution in [3.05, 3.63) is 57.8 Å². The first kappa shape index (κ1) is 17.8. The van der Waals surface area contributed by atoms with Crippen LogP contribution in [0.1, 0.15) is 5.56 Å². The topological polar surface area (TPSA) is 24.1 Å². The van der Waals surface area contributed by atoms with Crippen LogP contribution < -0.4 is 10.6 Å². The Morgan fingerprint density at radius 1 is 0.957 bits per heavy atom. The van der Waals surface area contributed by atoms with Gasteiger partial charge in [0.2, 0.25) is 0 Å². The van der Waals surface area contributed by atoms with Gasteiger partial charge in [-0.3, -0.25) is 0 Å². The Labute approximate surface area is 144 Å². The molecule has 0 aromatic heterocycles. The number of nitrogens with one attached hydrogen (secondary N) is 2. The number of rotatable bonds is 2. The Kier molecular flexibility index (Phi) is 5.33. The van der Waals surface area contributed by atoms with E-state index in [0.717, 1.165) is 18.2 Å². The number of thiocarbonyl (C=S) groups is 1. The van der Waals surface area contributed by atoms with Crippen molar-refractivity contribution < 1.29 is 17.6 Å². The molecule has 2 nitrogen and oxygen atoms in total. The van der Waals surface area contributed by atoms with Gasteiger partial charge in [0.25, 0.3) is 0 Å². The molecule has 2 aromatic carbocycles. The lowest BCUT2D eigenvalue weighted by atomic mass is 10.2. The van der Waals surface area contributed by atoms with E-state index in [1.807, 2.05) is 0 Å². The molecule has 0 saturated carbocycles. The number of anilines is 2. The van der Waals surface area contributed by atoms with Crippen molar-refractivity contribution in [3.63, 3.8) is 0 Å². The summed E-state index contributed by atoms with van der Waals surface area (Å²) < 4.78 is 51.3. The summed E-state index contributed by atoms with van der Waals surface area (Å²) in [5.74, 6) is -0.521. The minimum absolute atomic E-state index is 0.00560. The largest absolute Gasteiger partial charge is 0.417 e. The van der Waals surface area contributed by atoms with Crippen LogP contribution in [0, 0.1) is 5.82 Å². The average molecular weight is 383 g/mol. The van der Waals surface area contributed by atoms with E-state index in [2.05, 4.69) is 10.6 Å². The Morgan fingerprint density at radius 2 is 1.65 bits per heavy atom. The van der Waals surface area contributed by atoms with Gasteiger partial charge in [0.1, 0.15) is 5.82 Å². The van der Waals surface area contributed by atoms with E-state index in [0.29, 0.717) is 5.69 Å². The van der Waals surface area contributed by atoms with Crippen molar-refractivity contribution in [3.8, 4) is 0 Å². The summed E-state index contributed by atoms with van der Waals surface area (Å²) >= 11 is 16.4. The van der Waals surface area contributed by atoms with Crippen LogP contribution in [0.25, 0.3) is 0 Å². The normalized spacial score (nSPS) is 11.2. The first-order chi connectivity index (χ1) is 10.7. The minimum Gasteiger partial charge on any atom is -0.332 e. The van der Waals surface area contributed by atoms with E-state index in [1.165, 1.54) is 18.2 Å². The molecule has 0 aliphatic heterocycles. The minimum atomic E-state index is -4.58. The summed E-state index contributed by atoms with van der Waals surface area (Å²) in [6.07, 6.45) is -4.58. The zero-order valence-electron chi connectivity index (χ0n) is 11.1. The number of hydrogen-bond donors (Lipinski definition) is 2. The van der Waals surface area contributed by atoms with Gasteiger partial charge in [-0.25, -0.2) is 4.39 Å². The van der Waals surface area contributed by atoms with Gasteiger partial charge in [0, 0.05) is 5.69 Å². The SMILES string of the molecule is Fc1ccc(NC(=S)Nc2ccc(Cl)c(C(F)(F)F)c2)c(Cl)c1. The zero-order chi connectivity index (χ0) is 17.2. The van der Waals surface area contributed by atoms with Crippen LogP contribution in [0.15, 0.2) is 36.4 Å². The standard InChI is InChI=1S/C14H8Cl2F4N2S/c15-10-3-2-8(6-9(10)14(18,19)20)21-13(23)22-12-4-1-7(17)5-11(12)16/h1-6H,(H2,21,22,23). The molecule has 2 aromatic rings.